The summed E-state index contributed by atoms with van der Waals surface area (Å²) >= 11 is 8.98. The zero-order valence-electron chi connectivity index (χ0n) is 11.2. The summed E-state index contributed by atoms with van der Waals surface area (Å²) < 4.78 is 2.29. The van der Waals surface area contributed by atoms with Gasteiger partial charge in [-0.05, 0) is 75.9 Å². The average Bonchev–Trinajstić information content (AvgIpc) is 2.79. The van der Waals surface area contributed by atoms with Crippen LogP contribution < -0.4 is 5.32 Å². The summed E-state index contributed by atoms with van der Waals surface area (Å²) in [6, 6.07) is 6.82. The Hall–Kier alpha value is -0.230. The molecule has 2 unspecified atom stereocenters. The summed E-state index contributed by atoms with van der Waals surface area (Å²) in [5, 5.41) is 3.50. The van der Waals surface area contributed by atoms with E-state index in [0.29, 0.717) is 12.0 Å². The van der Waals surface area contributed by atoms with Crippen LogP contribution in [-0.2, 0) is 6.42 Å². The Bertz CT molecular complexity index is 592. The first-order valence-corrected chi connectivity index (χ1v) is 9.16. The van der Waals surface area contributed by atoms with Crippen LogP contribution in [0.5, 0.6) is 0 Å². The number of pyridine rings is 1. The van der Waals surface area contributed by atoms with Crippen LogP contribution in [-0.4, -0.2) is 12.0 Å². The van der Waals surface area contributed by atoms with Gasteiger partial charge < -0.3 is 5.32 Å². The molecule has 0 spiro atoms. The van der Waals surface area contributed by atoms with Gasteiger partial charge in [-0.2, -0.15) is 0 Å². The largest absolute Gasteiger partial charge is 0.312 e. The van der Waals surface area contributed by atoms with Gasteiger partial charge in [-0.15, -0.1) is 11.3 Å². The number of nitrogens with one attached hydrogen (secondary N) is 1. The van der Waals surface area contributed by atoms with E-state index >= 15 is 0 Å². The Morgan fingerprint density at radius 3 is 3.00 bits per heavy atom. The van der Waals surface area contributed by atoms with Gasteiger partial charge in [-0.25, -0.2) is 0 Å². The molecular weight excluding hydrogens is 400 g/mol. The Kier molecular flexibility index (Phi) is 4.60. The lowest BCUT2D eigenvalue weighted by Crippen LogP contribution is -2.26. The van der Waals surface area contributed by atoms with Crippen molar-refractivity contribution in [2.75, 3.05) is 7.05 Å². The summed E-state index contributed by atoms with van der Waals surface area (Å²) in [5.74, 6) is 0.461. The van der Waals surface area contributed by atoms with Crippen molar-refractivity contribution in [3.05, 3.63) is 48.8 Å². The molecule has 5 heteroatoms. The third-order valence-corrected chi connectivity index (χ3v) is 7.26. The fraction of sp³-hybridized carbons (Fsp3) is 0.400. The van der Waals surface area contributed by atoms with Gasteiger partial charge in [-0.3, -0.25) is 4.98 Å². The topological polar surface area (TPSA) is 24.9 Å². The molecule has 106 valence electrons. The zero-order valence-corrected chi connectivity index (χ0v) is 15.2. The summed E-state index contributed by atoms with van der Waals surface area (Å²) in [6.45, 7) is 0. The number of halogens is 2. The smallest absolute Gasteiger partial charge is 0.0843 e. The molecule has 2 aromatic rings. The maximum atomic E-state index is 4.67. The highest BCUT2D eigenvalue weighted by atomic mass is 79.9. The Morgan fingerprint density at radius 1 is 1.45 bits per heavy atom. The number of hydrogen-bond acceptors (Lipinski definition) is 3. The predicted octanol–water partition coefficient (Wildman–Crippen LogP) is 5.05. The number of fused-ring (bicyclic) bond motifs is 1. The Labute approximate surface area is 140 Å². The van der Waals surface area contributed by atoms with Crippen molar-refractivity contribution in [1.29, 1.82) is 0 Å². The molecule has 0 amide bonds. The molecule has 1 aliphatic rings. The van der Waals surface area contributed by atoms with E-state index in [1.165, 1.54) is 29.0 Å². The van der Waals surface area contributed by atoms with Gasteiger partial charge in [-0.1, -0.05) is 6.07 Å². The van der Waals surface area contributed by atoms with Crippen LogP contribution in [0.1, 0.15) is 40.9 Å². The minimum absolute atomic E-state index is 0.330. The first-order chi connectivity index (χ1) is 9.70. The normalized spacial score (nSPS) is 19.6. The number of thiophene rings is 1. The van der Waals surface area contributed by atoms with Crippen molar-refractivity contribution in [3.8, 4) is 0 Å². The van der Waals surface area contributed by atoms with Gasteiger partial charge in [0.05, 0.1) is 3.79 Å². The highest BCUT2D eigenvalue weighted by Crippen LogP contribution is 2.43. The number of nitrogens with zero attached hydrogens (tertiary/aromatic N) is 1. The van der Waals surface area contributed by atoms with E-state index in [-0.39, 0.29) is 0 Å². The summed E-state index contributed by atoms with van der Waals surface area (Å²) in [5.41, 5.74) is 2.69. The lowest BCUT2D eigenvalue weighted by Gasteiger charge is -2.30. The van der Waals surface area contributed by atoms with Crippen LogP contribution in [0.25, 0.3) is 0 Å². The molecule has 0 aromatic carbocycles. The van der Waals surface area contributed by atoms with Gasteiger partial charge in [0.1, 0.15) is 0 Å². The molecule has 2 nitrogen and oxygen atoms in total. The van der Waals surface area contributed by atoms with Crippen LogP contribution in [0.15, 0.2) is 32.7 Å². The lowest BCUT2D eigenvalue weighted by atomic mass is 9.81. The highest BCUT2D eigenvalue weighted by molar-refractivity contribution is 9.13. The molecule has 0 bridgehead atoms. The van der Waals surface area contributed by atoms with Crippen molar-refractivity contribution in [1.82, 2.24) is 10.3 Å². The molecule has 2 aromatic heterocycles. The van der Waals surface area contributed by atoms with Gasteiger partial charge in [0.15, 0.2) is 0 Å². The second-order valence-electron chi connectivity index (χ2n) is 5.08. The maximum Gasteiger partial charge on any atom is 0.0843 e. The van der Waals surface area contributed by atoms with Crippen molar-refractivity contribution >= 4 is 43.2 Å². The third kappa shape index (κ3) is 2.73. The van der Waals surface area contributed by atoms with Crippen LogP contribution in [0.2, 0.25) is 0 Å². The maximum absolute atomic E-state index is 4.67. The lowest BCUT2D eigenvalue weighted by molar-refractivity contribution is 0.420. The number of aryl methyl sites for hydroxylation is 1. The monoisotopic (exact) mass is 414 g/mol. The Morgan fingerprint density at radius 2 is 2.30 bits per heavy atom. The standard InChI is InChI=1S/C15H16Br2N2S/c1-18-14(12-8-11(16)15(17)20-12)10-6-2-4-9-5-3-7-19-13(9)10/h3,5,7-8,10,14,18H,2,4,6H2,1H3. The van der Waals surface area contributed by atoms with E-state index in [1.54, 1.807) is 11.3 Å². The molecule has 0 saturated carbocycles. The fourth-order valence-electron chi connectivity index (χ4n) is 3.03. The van der Waals surface area contributed by atoms with E-state index in [4.69, 9.17) is 0 Å². The van der Waals surface area contributed by atoms with Crippen LogP contribution in [0.4, 0.5) is 0 Å². The van der Waals surface area contributed by atoms with Gasteiger partial charge in [0, 0.05) is 33.2 Å². The third-order valence-electron chi connectivity index (χ3n) is 3.92. The molecule has 20 heavy (non-hydrogen) atoms. The highest BCUT2D eigenvalue weighted by Gasteiger charge is 2.30. The van der Waals surface area contributed by atoms with Crippen molar-refractivity contribution in [2.45, 2.75) is 31.2 Å². The molecule has 2 heterocycles. The SMILES string of the molecule is CNC(c1cc(Br)c(Br)s1)C1CCCc2cccnc21. The van der Waals surface area contributed by atoms with Gasteiger partial charge in [0.2, 0.25) is 0 Å². The molecule has 0 radical (unpaired) electrons. The van der Waals surface area contributed by atoms with Gasteiger partial charge >= 0.3 is 0 Å². The molecule has 2 atom stereocenters. The van der Waals surface area contributed by atoms with E-state index in [0.717, 1.165) is 14.7 Å². The molecule has 3 rings (SSSR count). The molecule has 0 fully saturated rings. The second-order valence-corrected chi connectivity index (χ2v) is 8.34. The molecule has 0 saturated heterocycles. The molecule has 1 N–H and O–H groups in total. The summed E-state index contributed by atoms with van der Waals surface area (Å²) in [6.07, 6.45) is 5.52. The minimum atomic E-state index is 0.330. The number of rotatable bonds is 3. The van der Waals surface area contributed by atoms with Crippen molar-refractivity contribution in [2.24, 2.45) is 0 Å². The van der Waals surface area contributed by atoms with E-state index in [1.807, 2.05) is 19.3 Å². The zero-order chi connectivity index (χ0) is 14.1. The summed E-state index contributed by atoms with van der Waals surface area (Å²) in [7, 11) is 2.05. The predicted molar refractivity (Wildman–Crippen MR) is 91.4 cm³/mol. The Balaban J connectivity index is 1.98. The van der Waals surface area contributed by atoms with Crippen LogP contribution >= 0.6 is 43.2 Å². The first-order valence-electron chi connectivity index (χ1n) is 6.76. The number of likely N-dealkylation sites (N-methyl/N-ethyl adjacent to an activating group) is 1. The first kappa shape index (κ1) is 14.7. The molecule has 1 aliphatic carbocycles. The second kappa shape index (κ2) is 6.26. The van der Waals surface area contributed by atoms with Crippen molar-refractivity contribution in [3.63, 3.8) is 0 Å². The van der Waals surface area contributed by atoms with Gasteiger partial charge in [0.25, 0.3) is 0 Å². The number of hydrogen-bond donors (Lipinski definition) is 1. The summed E-state index contributed by atoms with van der Waals surface area (Å²) in [4.78, 5) is 6.02. The van der Waals surface area contributed by atoms with E-state index in [2.05, 4.69) is 54.3 Å². The van der Waals surface area contributed by atoms with Crippen LogP contribution in [0, 0.1) is 0 Å². The van der Waals surface area contributed by atoms with E-state index in [9.17, 15) is 0 Å². The average molecular weight is 416 g/mol. The minimum Gasteiger partial charge on any atom is -0.312 e. The fourth-order valence-corrected chi connectivity index (χ4v) is 5.29. The number of aromatic nitrogens is 1. The van der Waals surface area contributed by atoms with E-state index < -0.39 is 0 Å². The molecular formula is C15H16Br2N2S. The quantitative estimate of drug-likeness (QED) is 0.758. The van der Waals surface area contributed by atoms with Crippen molar-refractivity contribution < 1.29 is 0 Å². The molecule has 0 aliphatic heterocycles. The van der Waals surface area contributed by atoms with Crippen LogP contribution in [0.3, 0.4) is 0 Å².